The Balaban J connectivity index is 1.59. The summed E-state index contributed by atoms with van der Waals surface area (Å²) >= 11 is 1.36. The molecule has 0 bridgehead atoms. The van der Waals surface area contributed by atoms with Gasteiger partial charge in [0.05, 0.1) is 24.1 Å². The third-order valence-corrected chi connectivity index (χ3v) is 9.26. The van der Waals surface area contributed by atoms with Gasteiger partial charge in [0.1, 0.15) is 10.8 Å². The molecule has 0 amide bonds. The summed E-state index contributed by atoms with van der Waals surface area (Å²) < 4.78 is 76.8. The summed E-state index contributed by atoms with van der Waals surface area (Å²) in [5.74, 6) is -0.759. The highest BCUT2D eigenvalue weighted by atomic mass is 32.2. The van der Waals surface area contributed by atoms with Crippen LogP contribution < -0.4 is 9.04 Å². The van der Waals surface area contributed by atoms with E-state index in [-0.39, 0.29) is 22.9 Å². The number of benzene rings is 3. The molecule has 0 radical (unpaired) electrons. The van der Waals surface area contributed by atoms with Gasteiger partial charge in [0.25, 0.3) is 10.0 Å². The summed E-state index contributed by atoms with van der Waals surface area (Å²) in [6, 6.07) is 18.3. The lowest BCUT2D eigenvalue weighted by Crippen LogP contribution is -2.30. The first-order valence-electron chi connectivity index (χ1n) is 11.6. The van der Waals surface area contributed by atoms with Crippen molar-refractivity contribution in [3.05, 3.63) is 89.5 Å². The summed E-state index contributed by atoms with van der Waals surface area (Å²) in [4.78, 5) is 11.8. The van der Waals surface area contributed by atoms with Crippen LogP contribution in [-0.2, 0) is 21.3 Å². The van der Waals surface area contributed by atoms with Gasteiger partial charge in [-0.15, -0.1) is 24.5 Å². The molecule has 3 aromatic carbocycles. The Morgan fingerprint density at radius 3 is 2.26 bits per heavy atom. The van der Waals surface area contributed by atoms with Crippen molar-refractivity contribution in [1.82, 2.24) is 0 Å². The van der Waals surface area contributed by atoms with E-state index >= 15 is 0 Å². The smallest absolute Gasteiger partial charge is 0.465 e. The first-order valence-corrected chi connectivity index (χ1v) is 13.9. The van der Waals surface area contributed by atoms with Crippen molar-refractivity contribution in [1.29, 1.82) is 0 Å². The molecule has 1 aliphatic rings. The van der Waals surface area contributed by atoms with Crippen LogP contribution in [0.5, 0.6) is 5.75 Å². The van der Waals surface area contributed by atoms with Crippen LogP contribution in [0.3, 0.4) is 0 Å². The summed E-state index contributed by atoms with van der Waals surface area (Å²) in [7, 11) is -2.90. The number of anilines is 1. The molecule has 11 heteroatoms. The van der Waals surface area contributed by atoms with Crippen LogP contribution in [0.25, 0.3) is 10.1 Å². The lowest BCUT2D eigenvalue weighted by atomic mass is 10.1. The van der Waals surface area contributed by atoms with Crippen molar-refractivity contribution >= 4 is 42.4 Å². The van der Waals surface area contributed by atoms with Gasteiger partial charge in [-0.3, -0.25) is 4.31 Å². The molecule has 1 aromatic heterocycles. The third kappa shape index (κ3) is 5.34. The second-order valence-electron chi connectivity index (χ2n) is 8.81. The number of hydrogen-bond donors (Lipinski definition) is 0. The maximum Gasteiger partial charge on any atom is 0.573 e. The number of methoxy groups -OCH3 is 1. The van der Waals surface area contributed by atoms with Crippen molar-refractivity contribution in [2.45, 2.75) is 36.6 Å². The number of sulfonamides is 1. The van der Waals surface area contributed by atoms with E-state index in [1.54, 1.807) is 0 Å². The average molecular weight is 562 g/mol. The maximum atomic E-state index is 14.1. The minimum Gasteiger partial charge on any atom is -0.465 e. The first-order chi connectivity index (χ1) is 18.1. The highest BCUT2D eigenvalue weighted by Gasteiger charge is 2.36. The fraction of sp³-hybridized carbons (Fsp3) is 0.222. The quantitative estimate of drug-likeness (QED) is 0.220. The monoisotopic (exact) mass is 561 g/mol. The van der Waals surface area contributed by atoms with Gasteiger partial charge >= 0.3 is 12.3 Å². The second kappa shape index (κ2) is 9.95. The summed E-state index contributed by atoms with van der Waals surface area (Å²) in [5.41, 5.74) is 1.64. The number of halogens is 3. The van der Waals surface area contributed by atoms with Crippen molar-refractivity contribution in [2.75, 3.05) is 11.4 Å². The Hall–Kier alpha value is -3.57. The van der Waals surface area contributed by atoms with Crippen LogP contribution in [0.2, 0.25) is 0 Å². The van der Waals surface area contributed by atoms with E-state index in [4.69, 9.17) is 4.74 Å². The lowest BCUT2D eigenvalue weighted by Gasteiger charge is -2.25. The van der Waals surface area contributed by atoms with E-state index in [0.717, 1.165) is 40.6 Å². The van der Waals surface area contributed by atoms with E-state index in [1.165, 1.54) is 59.2 Å². The molecular formula is C27H22F3NO5S2. The van der Waals surface area contributed by atoms with Crippen LogP contribution in [0.4, 0.5) is 18.2 Å². The Labute approximate surface area is 221 Å². The molecule has 0 saturated heterocycles. The minimum absolute atomic E-state index is 0.0265. The fourth-order valence-corrected chi connectivity index (χ4v) is 7.21. The van der Waals surface area contributed by atoms with E-state index < -0.39 is 28.1 Å². The number of ether oxygens (including phenoxy) is 2. The molecule has 1 saturated carbocycles. The van der Waals surface area contributed by atoms with Crippen molar-refractivity contribution in [3.8, 4) is 5.75 Å². The van der Waals surface area contributed by atoms with Crippen LogP contribution >= 0.6 is 11.3 Å². The van der Waals surface area contributed by atoms with Crippen LogP contribution in [-0.4, -0.2) is 27.9 Å². The molecule has 0 atom stereocenters. The molecule has 1 fully saturated rings. The molecular weight excluding hydrogens is 539 g/mol. The molecule has 0 aliphatic heterocycles. The van der Waals surface area contributed by atoms with Gasteiger partial charge in [0.2, 0.25) is 0 Å². The molecule has 6 nitrogen and oxygen atoms in total. The molecule has 38 heavy (non-hydrogen) atoms. The maximum absolute atomic E-state index is 14.1. The van der Waals surface area contributed by atoms with E-state index in [0.29, 0.717) is 10.6 Å². The van der Waals surface area contributed by atoms with E-state index in [9.17, 15) is 26.4 Å². The zero-order valence-electron chi connectivity index (χ0n) is 20.1. The zero-order valence-corrected chi connectivity index (χ0v) is 21.7. The van der Waals surface area contributed by atoms with Gasteiger partial charge in [-0.05, 0) is 77.7 Å². The molecule has 4 aromatic rings. The van der Waals surface area contributed by atoms with Gasteiger partial charge in [-0.25, -0.2) is 13.2 Å². The molecule has 1 aliphatic carbocycles. The fourth-order valence-electron chi connectivity index (χ4n) is 4.24. The zero-order chi connectivity index (χ0) is 27.1. The number of alkyl halides is 3. The van der Waals surface area contributed by atoms with E-state index in [1.807, 2.05) is 24.3 Å². The number of carbonyl (C=O) groups excluding carboxylic acids is 1. The number of fused-ring (bicyclic) bond motifs is 1. The predicted octanol–water partition coefficient (Wildman–Crippen LogP) is 6.86. The number of esters is 1. The van der Waals surface area contributed by atoms with Crippen molar-refractivity contribution in [3.63, 3.8) is 0 Å². The average Bonchev–Trinajstić information content (AvgIpc) is 3.66. The number of thiophene rings is 1. The lowest BCUT2D eigenvalue weighted by molar-refractivity contribution is -0.274. The molecule has 0 unspecified atom stereocenters. The molecule has 5 rings (SSSR count). The SMILES string of the molecule is COC(=O)c1ccc(S(=O)(=O)N(Cc2ccc(OC(F)(F)F)cc2)c2sc3ccccc3c2C2CC2)cc1. The number of rotatable bonds is 8. The van der Waals surface area contributed by atoms with Crippen LogP contribution in [0.1, 0.15) is 40.2 Å². The molecule has 1 heterocycles. The Morgan fingerprint density at radius 1 is 1.00 bits per heavy atom. The summed E-state index contributed by atoms with van der Waals surface area (Å²) in [5, 5.41) is 1.56. The van der Waals surface area contributed by atoms with E-state index in [2.05, 4.69) is 4.74 Å². The number of nitrogens with zero attached hydrogens (tertiary/aromatic N) is 1. The predicted molar refractivity (Wildman–Crippen MR) is 138 cm³/mol. The Morgan fingerprint density at radius 2 is 1.66 bits per heavy atom. The van der Waals surface area contributed by atoms with Gasteiger partial charge in [-0.2, -0.15) is 0 Å². The van der Waals surface area contributed by atoms with Crippen molar-refractivity contribution in [2.24, 2.45) is 0 Å². The standard InChI is InChI=1S/C27H22F3NO5S2/c1-35-26(32)19-10-14-21(15-11-19)38(33,34)31(16-17-6-12-20(13-7-17)36-27(28,29)30)25-24(18-8-9-18)22-4-2-3-5-23(22)37-25/h2-7,10-15,18H,8-9,16H2,1H3. The minimum atomic E-state index is -4.83. The van der Waals surface area contributed by atoms with Gasteiger partial charge in [0, 0.05) is 4.70 Å². The summed E-state index contributed by atoms with van der Waals surface area (Å²) in [6.07, 6.45) is -2.94. The largest absolute Gasteiger partial charge is 0.573 e. The first kappa shape index (κ1) is 26.1. The molecule has 0 N–H and O–H groups in total. The highest BCUT2D eigenvalue weighted by Crippen LogP contribution is 2.52. The highest BCUT2D eigenvalue weighted by molar-refractivity contribution is 7.93. The topological polar surface area (TPSA) is 72.9 Å². The Kier molecular flexibility index (Phi) is 6.83. The van der Waals surface area contributed by atoms with Gasteiger partial charge < -0.3 is 9.47 Å². The second-order valence-corrected chi connectivity index (χ2v) is 11.7. The molecule has 0 spiro atoms. The molecule has 198 valence electrons. The van der Waals surface area contributed by atoms with Crippen LogP contribution in [0, 0.1) is 0 Å². The summed E-state index contributed by atoms with van der Waals surface area (Å²) in [6.45, 7) is -0.111. The van der Waals surface area contributed by atoms with Crippen molar-refractivity contribution < 1.29 is 35.9 Å². The Bertz CT molecular complexity index is 1580. The van der Waals surface area contributed by atoms with Crippen LogP contribution in [0.15, 0.2) is 77.7 Å². The van der Waals surface area contributed by atoms with Gasteiger partial charge in [0.15, 0.2) is 0 Å². The third-order valence-electron chi connectivity index (χ3n) is 6.17. The van der Waals surface area contributed by atoms with Gasteiger partial charge in [-0.1, -0.05) is 30.3 Å². The number of carbonyl (C=O) groups is 1. The normalized spacial score (nSPS) is 13.9. The number of hydrogen-bond acceptors (Lipinski definition) is 6.